The topological polar surface area (TPSA) is 44.8 Å². The number of carbonyl (C=O) groups is 1. The van der Waals surface area contributed by atoms with Crippen LogP contribution in [0, 0.1) is 0 Å². The number of hydrogen-bond donors (Lipinski definition) is 1. The van der Waals surface area contributed by atoms with Gasteiger partial charge in [0.15, 0.2) is 0 Å². The Labute approximate surface area is 150 Å². The summed E-state index contributed by atoms with van der Waals surface area (Å²) in [4.78, 5) is 16.7. The van der Waals surface area contributed by atoms with E-state index in [1.807, 2.05) is 6.07 Å². The summed E-state index contributed by atoms with van der Waals surface area (Å²) in [5, 5.41) is 3.01. The molecular formula is C20H29N3O2. The van der Waals surface area contributed by atoms with E-state index in [0.29, 0.717) is 13.1 Å². The number of carbonyl (C=O) groups excluding carboxylic acids is 1. The first kappa shape index (κ1) is 18.1. The van der Waals surface area contributed by atoms with Crippen molar-refractivity contribution < 1.29 is 9.53 Å². The summed E-state index contributed by atoms with van der Waals surface area (Å²) in [7, 11) is 0. The standard InChI is InChI=1S/C20H29N3O2/c24-20(21-16-19-9-5-15-25-19)17-23-13-11-22(12-14-23)10-4-8-18-6-2-1-3-7-18/h1-4,6-8,19H,5,9-17H2,(H,21,24)/b8-4+/t19-/m1/s1. The van der Waals surface area contributed by atoms with Gasteiger partial charge in [0.25, 0.3) is 0 Å². The van der Waals surface area contributed by atoms with Crippen molar-refractivity contribution in [2.75, 3.05) is 52.4 Å². The van der Waals surface area contributed by atoms with E-state index < -0.39 is 0 Å². The van der Waals surface area contributed by atoms with Crippen LogP contribution < -0.4 is 5.32 Å². The molecule has 0 spiro atoms. The molecule has 1 N–H and O–H groups in total. The van der Waals surface area contributed by atoms with Crippen molar-refractivity contribution in [1.29, 1.82) is 0 Å². The van der Waals surface area contributed by atoms with Crippen LogP contribution in [0.2, 0.25) is 0 Å². The fraction of sp³-hybridized carbons (Fsp3) is 0.550. The largest absolute Gasteiger partial charge is 0.376 e. The van der Waals surface area contributed by atoms with Crippen molar-refractivity contribution in [3.05, 3.63) is 42.0 Å². The van der Waals surface area contributed by atoms with Gasteiger partial charge in [-0.15, -0.1) is 0 Å². The fourth-order valence-electron chi connectivity index (χ4n) is 3.32. The maximum atomic E-state index is 12.0. The van der Waals surface area contributed by atoms with Crippen molar-refractivity contribution in [3.63, 3.8) is 0 Å². The third kappa shape index (κ3) is 6.27. The van der Waals surface area contributed by atoms with Gasteiger partial charge in [0.2, 0.25) is 5.91 Å². The molecule has 0 radical (unpaired) electrons. The molecular weight excluding hydrogens is 314 g/mol. The molecule has 25 heavy (non-hydrogen) atoms. The molecule has 136 valence electrons. The predicted octanol–water partition coefficient (Wildman–Crippen LogP) is 1.61. The number of nitrogens with one attached hydrogen (secondary N) is 1. The molecule has 1 atom stereocenters. The van der Waals surface area contributed by atoms with Crippen LogP contribution in [0.25, 0.3) is 6.08 Å². The van der Waals surface area contributed by atoms with Crippen LogP contribution in [0.15, 0.2) is 36.4 Å². The number of piperazine rings is 1. The van der Waals surface area contributed by atoms with Crippen LogP contribution in [0.5, 0.6) is 0 Å². The second-order valence-corrected chi connectivity index (χ2v) is 6.83. The highest BCUT2D eigenvalue weighted by molar-refractivity contribution is 5.78. The molecule has 0 aliphatic carbocycles. The van der Waals surface area contributed by atoms with Crippen LogP contribution in [-0.2, 0) is 9.53 Å². The summed E-state index contributed by atoms with van der Waals surface area (Å²) in [5.74, 6) is 0.118. The molecule has 1 amide bonds. The van der Waals surface area contributed by atoms with E-state index >= 15 is 0 Å². The third-order valence-electron chi connectivity index (χ3n) is 4.86. The summed E-state index contributed by atoms with van der Waals surface area (Å²) in [6, 6.07) is 10.4. The molecule has 3 rings (SSSR count). The smallest absolute Gasteiger partial charge is 0.234 e. The maximum Gasteiger partial charge on any atom is 0.234 e. The summed E-state index contributed by atoms with van der Waals surface area (Å²) in [6.45, 7) is 6.88. The first-order chi connectivity index (χ1) is 12.3. The number of nitrogens with zero attached hydrogens (tertiary/aromatic N) is 2. The van der Waals surface area contributed by atoms with Crippen LogP contribution in [0.1, 0.15) is 18.4 Å². The van der Waals surface area contributed by atoms with E-state index in [2.05, 4.69) is 51.5 Å². The predicted molar refractivity (Wildman–Crippen MR) is 100 cm³/mol. The minimum absolute atomic E-state index is 0.118. The first-order valence-electron chi connectivity index (χ1n) is 9.34. The third-order valence-corrected chi connectivity index (χ3v) is 4.86. The Morgan fingerprint density at radius 2 is 1.92 bits per heavy atom. The fourth-order valence-corrected chi connectivity index (χ4v) is 3.32. The second kappa shape index (κ2) is 9.70. The second-order valence-electron chi connectivity index (χ2n) is 6.83. The van der Waals surface area contributed by atoms with Crippen LogP contribution >= 0.6 is 0 Å². The number of amides is 1. The average molecular weight is 343 g/mol. The van der Waals surface area contributed by atoms with Crippen molar-refractivity contribution in [2.24, 2.45) is 0 Å². The molecule has 0 bridgehead atoms. The lowest BCUT2D eigenvalue weighted by atomic mass is 10.2. The van der Waals surface area contributed by atoms with Crippen LogP contribution in [0.3, 0.4) is 0 Å². The number of benzene rings is 1. The normalized spacial score (nSPS) is 22.5. The van der Waals surface area contributed by atoms with Gasteiger partial charge < -0.3 is 10.1 Å². The van der Waals surface area contributed by atoms with Gasteiger partial charge in [-0.3, -0.25) is 14.6 Å². The number of ether oxygens (including phenoxy) is 1. The lowest BCUT2D eigenvalue weighted by molar-refractivity contribution is -0.123. The lowest BCUT2D eigenvalue weighted by Crippen LogP contribution is -2.49. The summed E-state index contributed by atoms with van der Waals surface area (Å²) >= 11 is 0. The van der Waals surface area contributed by atoms with E-state index in [4.69, 9.17) is 4.74 Å². The van der Waals surface area contributed by atoms with E-state index in [-0.39, 0.29) is 12.0 Å². The summed E-state index contributed by atoms with van der Waals surface area (Å²) in [5.41, 5.74) is 1.24. The highest BCUT2D eigenvalue weighted by Gasteiger charge is 2.20. The van der Waals surface area contributed by atoms with E-state index in [1.54, 1.807) is 0 Å². The Bertz CT molecular complexity index is 547. The van der Waals surface area contributed by atoms with Crippen LogP contribution in [-0.4, -0.2) is 74.2 Å². The Balaban J connectivity index is 1.30. The molecule has 5 nitrogen and oxygen atoms in total. The number of rotatable bonds is 7. The van der Waals surface area contributed by atoms with Crippen molar-refractivity contribution >= 4 is 12.0 Å². The van der Waals surface area contributed by atoms with Crippen LogP contribution in [0.4, 0.5) is 0 Å². The molecule has 1 aromatic carbocycles. The van der Waals surface area contributed by atoms with Crippen molar-refractivity contribution in [3.8, 4) is 0 Å². The zero-order valence-corrected chi connectivity index (χ0v) is 14.9. The molecule has 2 aliphatic rings. The van der Waals surface area contributed by atoms with Gasteiger partial charge in [0.1, 0.15) is 0 Å². The molecule has 2 fully saturated rings. The summed E-state index contributed by atoms with van der Waals surface area (Å²) < 4.78 is 5.54. The van der Waals surface area contributed by atoms with E-state index in [9.17, 15) is 4.79 Å². The highest BCUT2D eigenvalue weighted by atomic mass is 16.5. The highest BCUT2D eigenvalue weighted by Crippen LogP contribution is 2.10. The number of hydrogen-bond acceptors (Lipinski definition) is 4. The van der Waals surface area contributed by atoms with Gasteiger partial charge in [-0.1, -0.05) is 42.5 Å². The van der Waals surface area contributed by atoms with Crippen molar-refractivity contribution in [2.45, 2.75) is 18.9 Å². The van der Waals surface area contributed by atoms with E-state index in [0.717, 1.165) is 52.2 Å². The Morgan fingerprint density at radius 1 is 1.16 bits per heavy atom. The SMILES string of the molecule is O=C(CN1CCN(C/C=C/c2ccccc2)CC1)NC[C@H]1CCCO1. The quantitative estimate of drug-likeness (QED) is 0.817. The molecule has 0 saturated carbocycles. The molecule has 1 aromatic rings. The zero-order valence-electron chi connectivity index (χ0n) is 14.9. The Hall–Kier alpha value is -1.69. The van der Waals surface area contributed by atoms with Gasteiger partial charge in [-0.2, -0.15) is 0 Å². The summed E-state index contributed by atoms with van der Waals surface area (Å²) in [6.07, 6.45) is 6.79. The van der Waals surface area contributed by atoms with Gasteiger partial charge >= 0.3 is 0 Å². The first-order valence-corrected chi connectivity index (χ1v) is 9.34. The van der Waals surface area contributed by atoms with Gasteiger partial charge in [-0.05, 0) is 18.4 Å². The monoisotopic (exact) mass is 343 g/mol. The Morgan fingerprint density at radius 3 is 2.64 bits per heavy atom. The van der Waals surface area contributed by atoms with Gasteiger partial charge in [-0.25, -0.2) is 0 Å². The minimum Gasteiger partial charge on any atom is -0.376 e. The van der Waals surface area contributed by atoms with Crippen molar-refractivity contribution in [1.82, 2.24) is 15.1 Å². The molecule has 0 aromatic heterocycles. The average Bonchev–Trinajstić information content (AvgIpc) is 3.16. The lowest BCUT2D eigenvalue weighted by Gasteiger charge is -2.33. The van der Waals surface area contributed by atoms with E-state index in [1.165, 1.54) is 5.56 Å². The van der Waals surface area contributed by atoms with Gasteiger partial charge in [0, 0.05) is 45.9 Å². The van der Waals surface area contributed by atoms with Gasteiger partial charge in [0.05, 0.1) is 12.6 Å². The molecule has 5 heteroatoms. The molecule has 0 unspecified atom stereocenters. The maximum absolute atomic E-state index is 12.0. The zero-order chi connectivity index (χ0) is 17.3. The molecule has 2 heterocycles. The molecule has 2 saturated heterocycles. The minimum atomic E-state index is 0.118. The molecule has 2 aliphatic heterocycles. The Kier molecular flexibility index (Phi) is 7.03.